The lowest BCUT2D eigenvalue weighted by Gasteiger charge is -2.08. The molecular formula is C12H14BrFN6O2. The largest absolute Gasteiger partial charge is 0.409 e. The predicted octanol–water partition coefficient (Wildman–Crippen LogP) is 1.85. The number of oxime groups is 1. The third-order valence-electron chi connectivity index (χ3n) is 2.66. The maximum atomic E-state index is 13.2. The summed E-state index contributed by atoms with van der Waals surface area (Å²) in [6.07, 6.45) is 0. The van der Waals surface area contributed by atoms with Gasteiger partial charge in [-0.3, -0.25) is 0 Å². The minimum Gasteiger partial charge on any atom is -0.409 e. The lowest BCUT2D eigenvalue weighted by atomic mass is 10.3. The van der Waals surface area contributed by atoms with Crippen molar-refractivity contribution >= 4 is 33.3 Å². The normalized spacial score (nSPS) is 11.5. The Balaban J connectivity index is 2.15. The SMILES string of the molecule is CNCCNc1nonc1/C(=N/O)Nc1ccc(F)c(Br)c1. The summed E-state index contributed by atoms with van der Waals surface area (Å²) in [4.78, 5) is 0. The van der Waals surface area contributed by atoms with Gasteiger partial charge in [0.2, 0.25) is 11.7 Å². The molecule has 22 heavy (non-hydrogen) atoms. The summed E-state index contributed by atoms with van der Waals surface area (Å²) in [6, 6.07) is 4.27. The predicted molar refractivity (Wildman–Crippen MR) is 82.8 cm³/mol. The molecule has 2 aromatic rings. The lowest BCUT2D eigenvalue weighted by molar-refractivity contribution is 0.305. The van der Waals surface area contributed by atoms with Crippen LogP contribution < -0.4 is 16.0 Å². The molecule has 0 aliphatic carbocycles. The van der Waals surface area contributed by atoms with Crippen LogP contribution in [0.5, 0.6) is 0 Å². The van der Waals surface area contributed by atoms with E-state index in [4.69, 9.17) is 5.21 Å². The quantitative estimate of drug-likeness (QED) is 0.201. The number of likely N-dealkylation sites (N-methyl/N-ethyl adjacent to an activating group) is 1. The van der Waals surface area contributed by atoms with E-state index in [1.165, 1.54) is 18.2 Å². The summed E-state index contributed by atoms with van der Waals surface area (Å²) in [6.45, 7) is 1.29. The van der Waals surface area contributed by atoms with E-state index in [0.29, 0.717) is 24.6 Å². The molecule has 0 atom stereocenters. The van der Waals surface area contributed by atoms with Gasteiger partial charge in [0.05, 0.1) is 4.47 Å². The molecule has 4 N–H and O–H groups in total. The van der Waals surface area contributed by atoms with Gasteiger partial charge >= 0.3 is 0 Å². The van der Waals surface area contributed by atoms with E-state index in [2.05, 4.69) is 52.0 Å². The summed E-state index contributed by atoms with van der Waals surface area (Å²) in [5, 5.41) is 28.5. The van der Waals surface area contributed by atoms with Crippen LogP contribution in [0.15, 0.2) is 32.5 Å². The highest BCUT2D eigenvalue weighted by Crippen LogP contribution is 2.21. The highest BCUT2D eigenvalue weighted by molar-refractivity contribution is 9.10. The molecule has 1 aromatic carbocycles. The Morgan fingerprint density at radius 2 is 2.23 bits per heavy atom. The fraction of sp³-hybridized carbons (Fsp3) is 0.250. The zero-order valence-electron chi connectivity index (χ0n) is 11.6. The summed E-state index contributed by atoms with van der Waals surface area (Å²) >= 11 is 3.08. The van der Waals surface area contributed by atoms with Gasteiger partial charge in [0.1, 0.15) is 5.82 Å². The number of anilines is 2. The first-order chi connectivity index (χ1) is 10.7. The topological polar surface area (TPSA) is 108 Å². The minimum atomic E-state index is -0.398. The lowest BCUT2D eigenvalue weighted by Crippen LogP contribution is -2.21. The number of amidine groups is 1. The molecule has 0 bridgehead atoms. The minimum absolute atomic E-state index is 0.0201. The number of hydrogen-bond donors (Lipinski definition) is 4. The van der Waals surface area contributed by atoms with Gasteiger partial charge in [0, 0.05) is 18.8 Å². The molecule has 0 unspecified atom stereocenters. The van der Waals surface area contributed by atoms with Crippen LogP contribution in [0.3, 0.4) is 0 Å². The van der Waals surface area contributed by atoms with Crippen molar-refractivity contribution in [1.29, 1.82) is 0 Å². The molecule has 2 rings (SSSR count). The van der Waals surface area contributed by atoms with E-state index in [9.17, 15) is 4.39 Å². The number of nitrogens with zero attached hydrogens (tertiary/aromatic N) is 3. The molecule has 8 nitrogen and oxygen atoms in total. The van der Waals surface area contributed by atoms with E-state index in [0.717, 1.165) is 0 Å². The van der Waals surface area contributed by atoms with E-state index < -0.39 is 5.82 Å². The van der Waals surface area contributed by atoms with Gasteiger partial charge in [-0.25, -0.2) is 9.02 Å². The Bertz CT molecular complexity index is 663. The van der Waals surface area contributed by atoms with E-state index in [1.807, 2.05) is 7.05 Å². The van der Waals surface area contributed by atoms with Gasteiger partial charge in [0.15, 0.2) is 5.69 Å². The Morgan fingerprint density at radius 3 is 2.91 bits per heavy atom. The Hall–Kier alpha value is -2.20. The zero-order valence-corrected chi connectivity index (χ0v) is 13.2. The third-order valence-corrected chi connectivity index (χ3v) is 3.27. The second-order valence-corrected chi connectivity index (χ2v) is 5.05. The fourth-order valence-electron chi connectivity index (χ4n) is 1.61. The molecule has 1 heterocycles. The van der Waals surface area contributed by atoms with Crippen LogP contribution in [0.1, 0.15) is 5.69 Å². The van der Waals surface area contributed by atoms with E-state index >= 15 is 0 Å². The highest BCUT2D eigenvalue weighted by atomic mass is 79.9. The number of aromatic nitrogens is 2. The molecule has 0 aliphatic rings. The Kier molecular flexibility index (Phi) is 5.67. The maximum absolute atomic E-state index is 13.2. The van der Waals surface area contributed by atoms with Crippen molar-refractivity contribution in [2.75, 3.05) is 30.8 Å². The van der Waals surface area contributed by atoms with Gasteiger partial charge in [-0.05, 0) is 51.5 Å². The van der Waals surface area contributed by atoms with Crippen LogP contribution >= 0.6 is 15.9 Å². The first kappa shape index (κ1) is 16.2. The molecule has 118 valence electrons. The van der Waals surface area contributed by atoms with Gasteiger partial charge in [-0.1, -0.05) is 5.16 Å². The van der Waals surface area contributed by atoms with Crippen LogP contribution in [0.2, 0.25) is 0 Å². The van der Waals surface area contributed by atoms with Gasteiger partial charge in [-0.2, -0.15) is 0 Å². The Morgan fingerprint density at radius 1 is 1.41 bits per heavy atom. The fourth-order valence-corrected chi connectivity index (χ4v) is 1.99. The second-order valence-electron chi connectivity index (χ2n) is 4.19. The van der Waals surface area contributed by atoms with Crippen LogP contribution in [0, 0.1) is 5.82 Å². The van der Waals surface area contributed by atoms with Crippen molar-refractivity contribution in [2.24, 2.45) is 5.16 Å². The molecule has 0 saturated heterocycles. The smallest absolute Gasteiger partial charge is 0.203 e. The molecule has 0 saturated carbocycles. The molecular weight excluding hydrogens is 359 g/mol. The van der Waals surface area contributed by atoms with Crippen molar-refractivity contribution in [2.45, 2.75) is 0 Å². The van der Waals surface area contributed by atoms with Crippen LogP contribution in [-0.2, 0) is 0 Å². The molecule has 0 amide bonds. The van der Waals surface area contributed by atoms with Crippen molar-refractivity contribution < 1.29 is 14.2 Å². The molecule has 10 heteroatoms. The molecule has 0 radical (unpaired) electrons. The molecule has 0 spiro atoms. The standard InChI is InChI=1S/C12H14BrFN6O2/c1-15-4-5-16-11-10(19-22-20-11)12(18-21)17-7-2-3-9(14)8(13)6-7/h2-3,6,15,21H,4-5H2,1H3,(H,16,20)(H,17,18). The van der Waals surface area contributed by atoms with E-state index in [-0.39, 0.29) is 16.0 Å². The molecule has 1 aromatic heterocycles. The van der Waals surface area contributed by atoms with Crippen molar-refractivity contribution in [3.8, 4) is 0 Å². The number of benzene rings is 1. The first-order valence-electron chi connectivity index (χ1n) is 6.31. The highest BCUT2D eigenvalue weighted by Gasteiger charge is 2.17. The summed E-state index contributed by atoms with van der Waals surface area (Å²) < 4.78 is 18.2. The summed E-state index contributed by atoms with van der Waals surface area (Å²) in [5.41, 5.74) is 0.712. The first-order valence-corrected chi connectivity index (χ1v) is 7.10. The number of halogens is 2. The number of nitrogens with one attached hydrogen (secondary N) is 3. The molecule has 0 aliphatic heterocycles. The average Bonchev–Trinajstić information content (AvgIpc) is 2.97. The van der Waals surface area contributed by atoms with Crippen molar-refractivity contribution in [3.05, 3.63) is 34.2 Å². The van der Waals surface area contributed by atoms with Crippen molar-refractivity contribution in [3.63, 3.8) is 0 Å². The van der Waals surface area contributed by atoms with Gasteiger partial charge < -0.3 is 21.2 Å². The summed E-state index contributed by atoms with van der Waals surface area (Å²) in [7, 11) is 1.82. The van der Waals surface area contributed by atoms with Gasteiger partial charge in [-0.15, -0.1) is 0 Å². The average molecular weight is 373 g/mol. The van der Waals surface area contributed by atoms with E-state index in [1.54, 1.807) is 0 Å². The van der Waals surface area contributed by atoms with Gasteiger partial charge in [0.25, 0.3) is 0 Å². The third kappa shape index (κ3) is 3.92. The Labute approximate surface area is 133 Å². The van der Waals surface area contributed by atoms with Crippen molar-refractivity contribution in [1.82, 2.24) is 15.6 Å². The van der Waals surface area contributed by atoms with Crippen LogP contribution in [0.25, 0.3) is 0 Å². The summed E-state index contributed by atoms with van der Waals surface area (Å²) in [5.74, 6) is -0.0472. The number of rotatable bonds is 6. The van der Waals surface area contributed by atoms with Crippen LogP contribution in [-0.4, -0.2) is 41.5 Å². The zero-order chi connectivity index (χ0) is 15.9. The monoisotopic (exact) mass is 372 g/mol. The second kappa shape index (κ2) is 7.71. The maximum Gasteiger partial charge on any atom is 0.203 e. The molecule has 0 fully saturated rings. The van der Waals surface area contributed by atoms with Crippen LogP contribution in [0.4, 0.5) is 15.9 Å². The number of hydrogen-bond acceptors (Lipinski definition) is 7.